The van der Waals surface area contributed by atoms with Crippen molar-refractivity contribution >= 4 is 11.0 Å². The summed E-state index contributed by atoms with van der Waals surface area (Å²) in [5.41, 5.74) is 1.20. The summed E-state index contributed by atoms with van der Waals surface area (Å²) in [4.78, 5) is 7.35. The lowest BCUT2D eigenvalue weighted by Gasteiger charge is -2.26. The minimum absolute atomic E-state index is 0.176. The fourth-order valence-electron chi connectivity index (χ4n) is 1.75. The smallest absolute Gasteiger partial charge is 0.161 e. The topological polar surface area (TPSA) is 28.7 Å². The van der Waals surface area contributed by atoms with Gasteiger partial charge in [0.1, 0.15) is 5.82 Å². The van der Waals surface area contributed by atoms with Crippen molar-refractivity contribution in [1.29, 1.82) is 0 Å². The molecule has 0 saturated carbocycles. The van der Waals surface area contributed by atoms with E-state index in [9.17, 15) is 8.78 Å². The molecule has 1 aromatic carbocycles. The fourth-order valence-corrected chi connectivity index (χ4v) is 1.75. The first-order chi connectivity index (χ1) is 8.27. The van der Waals surface area contributed by atoms with Gasteiger partial charge in [-0.2, -0.15) is 0 Å². The number of hydrogen-bond acceptors (Lipinski definition) is 1. The molecule has 1 unspecified atom stereocenters. The third-order valence-electron chi connectivity index (χ3n) is 3.55. The number of nitrogens with one attached hydrogen (secondary N) is 1. The van der Waals surface area contributed by atoms with Crippen LogP contribution in [0.25, 0.3) is 11.0 Å². The lowest BCUT2D eigenvalue weighted by molar-refractivity contribution is 0.257. The van der Waals surface area contributed by atoms with Gasteiger partial charge >= 0.3 is 0 Å². The summed E-state index contributed by atoms with van der Waals surface area (Å²) in [5.74, 6) is -0.504. The molecule has 1 N–H and O–H groups in total. The number of H-pyrrole nitrogens is 1. The van der Waals surface area contributed by atoms with E-state index in [1.165, 1.54) is 0 Å². The highest BCUT2D eigenvalue weighted by molar-refractivity contribution is 5.75. The van der Waals surface area contributed by atoms with Crippen LogP contribution >= 0.6 is 0 Å². The minimum atomic E-state index is -0.857. The van der Waals surface area contributed by atoms with Crippen molar-refractivity contribution in [1.82, 2.24) is 9.97 Å². The van der Waals surface area contributed by atoms with Crippen molar-refractivity contribution in [3.05, 3.63) is 29.6 Å². The Hall–Kier alpha value is -1.45. The molecule has 0 amide bonds. The zero-order valence-corrected chi connectivity index (χ0v) is 11.1. The second kappa shape index (κ2) is 4.34. The second-order valence-corrected chi connectivity index (χ2v) is 5.94. The summed E-state index contributed by atoms with van der Waals surface area (Å²) in [6, 6.07) is 2.29. The molecule has 4 heteroatoms. The summed E-state index contributed by atoms with van der Waals surface area (Å²) < 4.78 is 26.2. The zero-order chi connectivity index (χ0) is 13.5. The van der Waals surface area contributed by atoms with E-state index in [0.717, 1.165) is 24.4 Å². The van der Waals surface area contributed by atoms with Gasteiger partial charge in [0.15, 0.2) is 11.6 Å². The van der Waals surface area contributed by atoms with Gasteiger partial charge in [0.05, 0.1) is 11.0 Å². The van der Waals surface area contributed by atoms with Crippen molar-refractivity contribution in [3.63, 3.8) is 0 Å². The number of nitrogens with zero attached hydrogens (tertiary/aromatic N) is 1. The molecule has 0 bridgehead atoms. The number of aromatic amines is 1. The molecule has 0 radical (unpaired) electrons. The number of benzene rings is 1. The average molecular weight is 252 g/mol. The molecule has 2 aromatic rings. The van der Waals surface area contributed by atoms with Gasteiger partial charge in [0.2, 0.25) is 0 Å². The first-order valence-electron chi connectivity index (χ1n) is 6.11. The zero-order valence-electron chi connectivity index (χ0n) is 11.1. The van der Waals surface area contributed by atoms with E-state index in [1.54, 1.807) is 0 Å². The highest BCUT2D eigenvalue weighted by atomic mass is 19.2. The molecule has 0 saturated heterocycles. The Labute approximate surface area is 105 Å². The van der Waals surface area contributed by atoms with Crippen LogP contribution in [0.3, 0.4) is 0 Å². The van der Waals surface area contributed by atoms with Gasteiger partial charge in [0, 0.05) is 18.6 Å². The SMILES string of the molecule is CC(Cc1nc2cc(F)c(F)cc2[nH]1)C(C)(C)C. The van der Waals surface area contributed by atoms with E-state index in [1.807, 2.05) is 0 Å². The summed E-state index contributed by atoms with van der Waals surface area (Å²) in [7, 11) is 0. The van der Waals surface area contributed by atoms with Crippen LogP contribution in [0.4, 0.5) is 8.78 Å². The normalized spacial score (nSPS) is 14.1. The maximum atomic E-state index is 13.1. The summed E-state index contributed by atoms with van der Waals surface area (Å²) in [6.07, 6.45) is 0.765. The van der Waals surface area contributed by atoms with Crippen LogP contribution < -0.4 is 0 Å². The van der Waals surface area contributed by atoms with E-state index in [-0.39, 0.29) is 5.41 Å². The lowest BCUT2D eigenvalue weighted by atomic mass is 9.80. The van der Waals surface area contributed by atoms with Crippen molar-refractivity contribution in [2.24, 2.45) is 11.3 Å². The van der Waals surface area contributed by atoms with Crippen LogP contribution in [0.2, 0.25) is 0 Å². The van der Waals surface area contributed by atoms with Crippen molar-refractivity contribution in [3.8, 4) is 0 Å². The Morgan fingerprint density at radius 1 is 1.22 bits per heavy atom. The van der Waals surface area contributed by atoms with Crippen molar-refractivity contribution in [2.75, 3.05) is 0 Å². The molecular weight excluding hydrogens is 234 g/mol. The molecule has 1 atom stereocenters. The first-order valence-corrected chi connectivity index (χ1v) is 6.11. The van der Waals surface area contributed by atoms with Crippen LogP contribution in [0, 0.1) is 23.0 Å². The lowest BCUT2D eigenvalue weighted by Crippen LogP contribution is -2.19. The summed E-state index contributed by atoms with van der Waals surface area (Å²) in [5, 5.41) is 0. The van der Waals surface area contributed by atoms with Crippen molar-refractivity contribution < 1.29 is 8.78 Å². The molecule has 0 aliphatic heterocycles. The van der Waals surface area contributed by atoms with Crippen LogP contribution in [-0.4, -0.2) is 9.97 Å². The maximum absolute atomic E-state index is 13.1. The number of imidazole rings is 1. The molecular formula is C14H18F2N2. The minimum Gasteiger partial charge on any atom is -0.342 e. The quantitative estimate of drug-likeness (QED) is 0.857. The Kier molecular flexibility index (Phi) is 3.13. The van der Waals surface area contributed by atoms with Crippen LogP contribution in [-0.2, 0) is 6.42 Å². The molecule has 1 heterocycles. The molecule has 0 aliphatic carbocycles. The number of hydrogen-bond donors (Lipinski definition) is 1. The average Bonchev–Trinajstić information content (AvgIpc) is 2.59. The number of fused-ring (bicyclic) bond motifs is 1. The van der Waals surface area contributed by atoms with Gasteiger partial charge in [-0.3, -0.25) is 0 Å². The van der Waals surface area contributed by atoms with Gasteiger partial charge in [-0.05, 0) is 11.3 Å². The van der Waals surface area contributed by atoms with Crippen LogP contribution in [0.15, 0.2) is 12.1 Å². The number of halogens is 2. The molecule has 0 fully saturated rings. The Morgan fingerprint density at radius 3 is 2.44 bits per heavy atom. The molecule has 2 nitrogen and oxygen atoms in total. The fraction of sp³-hybridized carbons (Fsp3) is 0.500. The van der Waals surface area contributed by atoms with Gasteiger partial charge < -0.3 is 4.98 Å². The van der Waals surface area contributed by atoms with E-state index in [4.69, 9.17) is 0 Å². The van der Waals surface area contributed by atoms with Crippen LogP contribution in [0.5, 0.6) is 0 Å². The van der Waals surface area contributed by atoms with E-state index >= 15 is 0 Å². The monoisotopic (exact) mass is 252 g/mol. The van der Waals surface area contributed by atoms with E-state index in [2.05, 4.69) is 37.7 Å². The Morgan fingerprint density at radius 2 is 1.83 bits per heavy atom. The van der Waals surface area contributed by atoms with Gasteiger partial charge in [0.25, 0.3) is 0 Å². The van der Waals surface area contributed by atoms with Crippen molar-refractivity contribution in [2.45, 2.75) is 34.1 Å². The maximum Gasteiger partial charge on any atom is 0.161 e. The predicted molar refractivity (Wildman–Crippen MR) is 68.3 cm³/mol. The van der Waals surface area contributed by atoms with Crippen LogP contribution in [0.1, 0.15) is 33.5 Å². The first kappa shape index (κ1) is 13.0. The number of rotatable bonds is 2. The second-order valence-electron chi connectivity index (χ2n) is 5.94. The Bertz CT molecular complexity index is 528. The number of aromatic nitrogens is 2. The Balaban J connectivity index is 2.31. The van der Waals surface area contributed by atoms with Gasteiger partial charge in [-0.1, -0.05) is 27.7 Å². The molecule has 18 heavy (non-hydrogen) atoms. The van der Waals surface area contributed by atoms with E-state index in [0.29, 0.717) is 17.0 Å². The standard InChI is InChI=1S/C14H18F2N2/c1-8(14(2,3)4)5-13-17-11-6-9(15)10(16)7-12(11)18-13/h6-8H,5H2,1-4H3,(H,17,18). The summed E-state index contributed by atoms with van der Waals surface area (Å²) in [6.45, 7) is 8.65. The third kappa shape index (κ3) is 2.52. The van der Waals surface area contributed by atoms with Gasteiger partial charge in [-0.25, -0.2) is 13.8 Å². The molecule has 98 valence electrons. The van der Waals surface area contributed by atoms with Gasteiger partial charge in [-0.15, -0.1) is 0 Å². The predicted octanol–water partition coefficient (Wildman–Crippen LogP) is 4.07. The third-order valence-corrected chi connectivity index (χ3v) is 3.55. The highest BCUT2D eigenvalue weighted by Crippen LogP contribution is 2.28. The van der Waals surface area contributed by atoms with E-state index < -0.39 is 11.6 Å². The molecule has 0 spiro atoms. The summed E-state index contributed by atoms with van der Waals surface area (Å²) >= 11 is 0. The molecule has 0 aliphatic rings. The molecule has 2 rings (SSSR count). The largest absolute Gasteiger partial charge is 0.342 e. The highest BCUT2D eigenvalue weighted by Gasteiger charge is 2.21. The molecule has 1 aromatic heterocycles.